The molecule has 1 fully saturated rings. The average Bonchev–Trinajstić information content (AvgIpc) is 2.57. The highest BCUT2D eigenvalue weighted by Gasteiger charge is 2.25. The fourth-order valence-corrected chi connectivity index (χ4v) is 2.88. The number of nitrogens with zero attached hydrogens (tertiary/aromatic N) is 5. The normalized spacial score (nSPS) is 18.4. The third-order valence-electron chi connectivity index (χ3n) is 4.14. The SMILES string of the molecule is CCC1CNCCN1c1nc(=O)n(C)c2ccc(C#N)nc12. The molecule has 1 saturated heterocycles. The van der Waals surface area contributed by atoms with E-state index in [1.54, 1.807) is 19.2 Å². The first-order valence-corrected chi connectivity index (χ1v) is 7.41. The van der Waals surface area contributed by atoms with Crippen LogP contribution in [0.3, 0.4) is 0 Å². The molecule has 1 N–H and O–H groups in total. The number of nitriles is 1. The van der Waals surface area contributed by atoms with E-state index in [0.29, 0.717) is 22.5 Å². The number of nitrogens with one attached hydrogen (secondary N) is 1. The molecule has 7 nitrogen and oxygen atoms in total. The van der Waals surface area contributed by atoms with Crippen LogP contribution >= 0.6 is 0 Å². The van der Waals surface area contributed by atoms with Gasteiger partial charge in [0.15, 0.2) is 5.82 Å². The molecule has 1 aliphatic rings. The maximum atomic E-state index is 12.2. The molecule has 22 heavy (non-hydrogen) atoms. The highest BCUT2D eigenvalue weighted by Crippen LogP contribution is 2.24. The third-order valence-corrected chi connectivity index (χ3v) is 4.14. The van der Waals surface area contributed by atoms with Crippen LogP contribution in [-0.2, 0) is 7.05 Å². The quantitative estimate of drug-likeness (QED) is 0.863. The largest absolute Gasteiger partial charge is 0.349 e. The molecule has 0 saturated carbocycles. The molecular formula is C15H18N6O. The Balaban J connectivity index is 2.25. The zero-order valence-corrected chi connectivity index (χ0v) is 12.7. The number of aromatic nitrogens is 3. The Labute approximate surface area is 128 Å². The van der Waals surface area contributed by atoms with Crippen LogP contribution in [0.4, 0.5) is 5.82 Å². The van der Waals surface area contributed by atoms with Crippen molar-refractivity contribution in [3.63, 3.8) is 0 Å². The smallest absolute Gasteiger partial charge is 0.349 e. The van der Waals surface area contributed by atoms with E-state index in [2.05, 4.69) is 33.2 Å². The lowest BCUT2D eigenvalue weighted by atomic mass is 10.1. The van der Waals surface area contributed by atoms with Gasteiger partial charge < -0.3 is 10.2 Å². The molecule has 0 amide bonds. The van der Waals surface area contributed by atoms with Gasteiger partial charge in [-0.1, -0.05) is 6.92 Å². The summed E-state index contributed by atoms with van der Waals surface area (Å²) in [6.07, 6.45) is 0.948. The van der Waals surface area contributed by atoms with Gasteiger partial charge in [0.2, 0.25) is 0 Å². The fraction of sp³-hybridized carbons (Fsp3) is 0.467. The molecule has 114 valence electrons. The summed E-state index contributed by atoms with van der Waals surface area (Å²) in [6, 6.07) is 5.71. The van der Waals surface area contributed by atoms with Crippen LogP contribution in [-0.4, -0.2) is 40.2 Å². The molecule has 7 heteroatoms. The first kappa shape index (κ1) is 14.5. The van der Waals surface area contributed by atoms with E-state index in [0.717, 1.165) is 26.1 Å². The van der Waals surface area contributed by atoms with E-state index in [1.165, 1.54) is 4.57 Å². The fourth-order valence-electron chi connectivity index (χ4n) is 2.88. The van der Waals surface area contributed by atoms with E-state index in [1.807, 2.05) is 0 Å². The Morgan fingerprint density at radius 2 is 2.27 bits per heavy atom. The summed E-state index contributed by atoms with van der Waals surface area (Å²) in [4.78, 5) is 22.9. The van der Waals surface area contributed by atoms with Gasteiger partial charge in [-0.15, -0.1) is 0 Å². The number of piperazine rings is 1. The molecule has 1 unspecified atom stereocenters. The maximum Gasteiger partial charge on any atom is 0.349 e. The van der Waals surface area contributed by atoms with Crippen molar-refractivity contribution >= 4 is 16.9 Å². The number of hydrogen-bond acceptors (Lipinski definition) is 6. The van der Waals surface area contributed by atoms with E-state index >= 15 is 0 Å². The average molecular weight is 298 g/mol. The van der Waals surface area contributed by atoms with E-state index < -0.39 is 0 Å². The van der Waals surface area contributed by atoms with Gasteiger partial charge in [0.25, 0.3) is 0 Å². The van der Waals surface area contributed by atoms with Gasteiger partial charge in [-0.05, 0) is 18.6 Å². The second-order valence-electron chi connectivity index (χ2n) is 5.41. The molecule has 0 bridgehead atoms. The molecule has 2 aromatic heterocycles. The van der Waals surface area contributed by atoms with Gasteiger partial charge >= 0.3 is 5.69 Å². The van der Waals surface area contributed by atoms with Gasteiger partial charge in [0.05, 0.1) is 5.52 Å². The maximum absolute atomic E-state index is 12.2. The Morgan fingerprint density at radius 1 is 1.45 bits per heavy atom. The first-order valence-electron chi connectivity index (χ1n) is 7.41. The minimum Gasteiger partial charge on any atom is -0.349 e. The van der Waals surface area contributed by atoms with Crippen molar-refractivity contribution in [3.05, 3.63) is 28.3 Å². The van der Waals surface area contributed by atoms with E-state index in [9.17, 15) is 4.79 Å². The third kappa shape index (κ3) is 2.31. The number of hydrogen-bond donors (Lipinski definition) is 1. The minimum atomic E-state index is -0.303. The summed E-state index contributed by atoms with van der Waals surface area (Å²) in [5.41, 5.74) is 1.34. The second kappa shape index (κ2) is 5.73. The highest BCUT2D eigenvalue weighted by molar-refractivity contribution is 5.86. The molecule has 1 atom stereocenters. The summed E-state index contributed by atoms with van der Waals surface area (Å²) in [7, 11) is 1.67. The highest BCUT2D eigenvalue weighted by atomic mass is 16.1. The van der Waals surface area contributed by atoms with Gasteiger partial charge in [-0.25, -0.2) is 9.78 Å². The van der Waals surface area contributed by atoms with E-state index in [4.69, 9.17) is 5.26 Å². The first-order chi connectivity index (χ1) is 10.7. The minimum absolute atomic E-state index is 0.268. The summed E-state index contributed by atoms with van der Waals surface area (Å²) in [5, 5.41) is 12.5. The van der Waals surface area contributed by atoms with Crippen molar-refractivity contribution in [3.8, 4) is 6.07 Å². The second-order valence-corrected chi connectivity index (χ2v) is 5.41. The Kier molecular flexibility index (Phi) is 3.77. The zero-order chi connectivity index (χ0) is 15.7. The Hall–Kier alpha value is -2.46. The number of pyridine rings is 1. The van der Waals surface area contributed by atoms with Gasteiger partial charge in [-0.3, -0.25) is 4.57 Å². The van der Waals surface area contributed by atoms with Crippen LogP contribution in [0.5, 0.6) is 0 Å². The molecule has 1 aliphatic heterocycles. The van der Waals surface area contributed by atoms with Crippen molar-refractivity contribution in [1.29, 1.82) is 5.26 Å². The Morgan fingerprint density at radius 3 is 3.00 bits per heavy atom. The van der Waals surface area contributed by atoms with Crippen molar-refractivity contribution in [2.24, 2.45) is 7.05 Å². The molecule has 0 radical (unpaired) electrons. The summed E-state index contributed by atoms with van der Waals surface area (Å²) in [6.45, 7) is 4.58. The van der Waals surface area contributed by atoms with E-state index in [-0.39, 0.29) is 11.7 Å². The van der Waals surface area contributed by atoms with Crippen LogP contribution in [0.25, 0.3) is 11.0 Å². The molecule has 0 aromatic carbocycles. The summed E-state index contributed by atoms with van der Waals surface area (Å²) < 4.78 is 1.47. The monoisotopic (exact) mass is 298 g/mol. The number of fused-ring (bicyclic) bond motifs is 1. The van der Waals surface area contributed by atoms with Crippen molar-refractivity contribution in [1.82, 2.24) is 19.9 Å². The number of anilines is 1. The zero-order valence-electron chi connectivity index (χ0n) is 12.7. The van der Waals surface area contributed by atoms with Crippen LogP contribution in [0, 0.1) is 11.3 Å². The lowest BCUT2D eigenvalue weighted by Gasteiger charge is -2.36. The molecule has 2 aromatic rings. The van der Waals surface area contributed by atoms with Gasteiger partial charge in [0.1, 0.15) is 17.3 Å². The topological polar surface area (TPSA) is 86.8 Å². The molecule has 3 rings (SSSR count). The lowest BCUT2D eigenvalue weighted by Crippen LogP contribution is -2.52. The molecule has 0 aliphatic carbocycles. The predicted octanol–water partition coefficient (Wildman–Crippen LogP) is 0.388. The van der Waals surface area contributed by atoms with Crippen LogP contribution in [0.1, 0.15) is 19.0 Å². The van der Waals surface area contributed by atoms with Crippen LogP contribution < -0.4 is 15.9 Å². The van der Waals surface area contributed by atoms with Crippen LogP contribution in [0.15, 0.2) is 16.9 Å². The predicted molar refractivity (Wildman–Crippen MR) is 83.8 cm³/mol. The summed E-state index contributed by atoms with van der Waals surface area (Å²) in [5.74, 6) is 0.587. The molecule has 0 spiro atoms. The van der Waals surface area contributed by atoms with Crippen molar-refractivity contribution in [2.45, 2.75) is 19.4 Å². The van der Waals surface area contributed by atoms with Crippen LogP contribution in [0.2, 0.25) is 0 Å². The molecule has 3 heterocycles. The van der Waals surface area contributed by atoms with Gasteiger partial charge in [-0.2, -0.15) is 10.2 Å². The Bertz CT molecular complexity index is 806. The molecular weight excluding hydrogens is 280 g/mol. The van der Waals surface area contributed by atoms with Gasteiger partial charge in [0, 0.05) is 32.7 Å². The van der Waals surface area contributed by atoms with Crippen molar-refractivity contribution < 1.29 is 0 Å². The van der Waals surface area contributed by atoms with Crippen molar-refractivity contribution in [2.75, 3.05) is 24.5 Å². The summed E-state index contributed by atoms with van der Waals surface area (Å²) >= 11 is 0. The number of rotatable bonds is 2. The number of aryl methyl sites for hydroxylation is 1. The standard InChI is InChI=1S/C15H18N6O/c1-3-11-9-17-6-7-21(11)14-13-12(20(2)15(22)19-14)5-4-10(8-16)18-13/h4-5,11,17H,3,6-7,9H2,1-2H3. The lowest BCUT2D eigenvalue weighted by molar-refractivity contribution is 0.463.